The summed E-state index contributed by atoms with van der Waals surface area (Å²) in [5.41, 5.74) is 0.703. The van der Waals surface area contributed by atoms with Gasteiger partial charge in [-0.2, -0.15) is 0 Å². The Hall–Kier alpha value is -1.16. The first-order valence-corrected chi connectivity index (χ1v) is 8.43. The Morgan fingerprint density at radius 2 is 2.00 bits per heavy atom. The fourth-order valence-electron chi connectivity index (χ4n) is 2.65. The number of piperidine rings is 1. The van der Waals surface area contributed by atoms with Crippen LogP contribution in [0.3, 0.4) is 0 Å². The highest BCUT2D eigenvalue weighted by Gasteiger charge is 2.25. The maximum Gasteiger partial charge on any atom is 0.254 e. The molecule has 4 heteroatoms. The highest BCUT2D eigenvalue weighted by Crippen LogP contribution is 2.22. The van der Waals surface area contributed by atoms with E-state index < -0.39 is 10.8 Å². The van der Waals surface area contributed by atoms with E-state index in [9.17, 15) is 9.00 Å². The Bertz CT molecular complexity index is 470. The SMILES string of the molecule is CC[C@@H]1CCCCN1C(=O)c1ccc([S@](C)=O)cc1. The molecule has 1 aliphatic heterocycles. The van der Waals surface area contributed by atoms with E-state index in [0.717, 1.165) is 30.7 Å². The normalized spacial score (nSPS) is 21.2. The van der Waals surface area contributed by atoms with Gasteiger partial charge in [0, 0.05) is 40.1 Å². The van der Waals surface area contributed by atoms with Crippen molar-refractivity contribution in [1.29, 1.82) is 0 Å². The van der Waals surface area contributed by atoms with Gasteiger partial charge in [-0.1, -0.05) is 6.92 Å². The van der Waals surface area contributed by atoms with Crippen LogP contribution >= 0.6 is 0 Å². The summed E-state index contributed by atoms with van der Waals surface area (Å²) in [6.07, 6.45) is 6.09. The lowest BCUT2D eigenvalue weighted by atomic mass is 9.99. The lowest BCUT2D eigenvalue weighted by molar-refractivity contribution is 0.0608. The van der Waals surface area contributed by atoms with Gasteiger partial charge in [-0.15, -0.1) is 0 Å². The molecule has 2 rings (SSSR count). The van der Waals surface area contributed by atoms with Crippen LogP contribution in [0.4, 0.5) is 0 Å². The van der Waals surface area contributed by atoms with Crippen molar-refractivity contribution in [2.45, 2.75) is 43.5 Å². The van der Waals surface area contributed by atoms with Gasteiger partial charge in [-0.25, -0.2) is 0 Å². The van der Waals surface area contributed by atoms with E-state index in [1.165, 1.54) is 6.42 Å². The molecular formula is C15H21NO2S. The van der Waals surface area contributed by atoms with Crippen molar-refractivity contribution in [3.8, 4) is 0 Å². The maximum absolute atomic E-state index is 12.5. The second-order valence-corrected chi connectivity index (χ2v) is 6.41. The molecular weight excluding hydrogens is 258 g/mol. The van der Waals surface area contributed by atoms with E-state index in [1.807, 2.05) is 4.90 Å². The fourth-order valence-corrected chi connectivity index (χ4v) is 3.17. The van der Waals surface area contributed by atoms with Crippen LogP contribution < -0.4 is 0 Å². The highest BCUT2D eigenvalue weighted by atomic mass is 32.2. The minimum atomic E-state index is -0.989. The number of amides is 1. The molecule has 3 nitrogen and oxygen atoms in total. The average molecular weight is 279 g/mol. The molecule has 0 aromatic heterocycles. The number of rotatable bonds is 3. The smallest absolute Gasteiger partial charge is 0.254 e. The molecule has 19 heavy (non-hydrogen) atoms. The predicted octanol–water partition coefficient (Wildman–Crippen LogP) is 2.83. The van der Waals surface area contributed by atoms with Crippen molar-refractivity contribution in [3.05, 3.63) is 29.8 Å². The van der Waals surface area contributed by atoms with Crippen molar-refractivity contribution < 1.29 is 9.00 Å². The molecule has 0 bridgehead atoms. The molecule has 1 aliphatic rings. The van der Waals surface area contributed by atoms with Gasteiger partial charge in [0.2, 0.25) is 0 Å². The molecule has 2 atom stereocenters. The fraction of sp³-hybridized carbons (Fsp3) is 0.533. The maximum atomic E-state index is 12.5. The van der Waals surface area contributed by atoms with Gasteiger partial charge in [0.15, 0.2) is 0 Å². The predicted molar refractivity (Wildman–Crippen MR) is 77.7 cm³/mol. The molecule has 1 aromatic carbocycles. The molecule has 0 saturated carbocycles. The summed E-state index contributed by atoms with van der Waals surface area (Å²) >= 11 is 0. The lowest BCUT2D eigenvalue weighted by Gasteiger charge is -2.35. The van der Waals surface area contributed by atoms with E-state index in [0.29, 0.717) is 11.6 Å². The van der Waals surface area contributed by atoms with Crippen LogP contribution in [0, 0.1) is 0 Å². The second-order valence-electron chi connectivity index (χ2n) is 5.03. The third-order valence-corrected chi connectivity index (χ3v) is 4.73. The first-order valence-electron chi connectivity index (χ1n) is 6.88. The zero-order valence-corrected chi connectivity index (χ0v) is 12.4. The van der Waals surface area contributed by atoms with Gasteiger partial charge in [-0.05, 0) is 49.9 Å². The molecule has 1 aromatic rings. The molecule has 104 valence electrons. The van der Waals surface area contributed by atoms with Crippen LogP contribution in [0.2, 0.25) is 0 Å². The van der Waals surface area contributed by atoms with Gasteiger partial charge in [-0.3, -0.25) is 9.00 Å². The van der Waals surface area contributed by atoms with E-state index in [-0.39, 0.29) is 5.91 Å². The molecule has 0 aliphatic carbocycles. The molecule has 0 unspecified atom stereocenters. The third kappa shape index (κ3) is 3.24. The van der Waals surface area contributed by atoms with Crippen molar-refractivity contribution in [3.63, 3.8) is 0 Å². The van der Waals surface area contributed by atoms with Gasteiger partial charge in [0.25, 0.3) is 5.91 Å². The van der Waals surface area contributed by atoms with Crippen molar-refractivity contribution in [2.75, 3.05) is 12.8 Å². The summed E-state index contributed by atoms with van der Waals surface area (Å²) < 4.78 is 11.3. The van der Waals surface area contributed by atoms with E-state index >= 15 is 0 Å². The van der Waals surface area contributed by atoms with Crippen LogP contribution in [0.25, 0.3) is 0 Å². The van der Waals surface area contributed by atoms with Gasteiger partial charge in [0.05, 0.1) is 0 Å². The Balaban J connectivity index is 2.16. The van der Waals surface area contributed by atoms with Gasteiger partial charge >= 0.3 is 0 Å². The average Bonchev–Trinajstić information content (AvgIpc) is 2.46. The Morgan fingerprint density at radius 3 is 2.58 bits per heavy atom. The lowest BCUT2D eigenvalue weighted by Crippen LogP contribution is -2.43. The molecule has 0 N–H and O–H groups in total. The largest absolute Gasteiger partial charge is 0.336 e. The van der Waals surface area contributed by atoms with E-state index in [2.05, 4.69) is 6.92 Å². The molecule has 1 fully saturated rings. The number of likely N-dealkylation sites (tertiary alicyclic amines) is 1. The Kier molecular flexibility index (Phi) is 4.75. The first-order chi connectivity index (χ1) is 9.13. The number of benzene rings is 1. The Morgan fingerprint density at radius 1 is 1.32 bits per heavy atom. The number of nitrogens with zero attached hydrogens (tertiary/aromatic N) is 1. The van der Waals surface area contributed by atoms with E-state index in [1.54, 1.807) is 30.5 Å². The number of carbonyl (C=O) groups is 1. The van der Waals surface area contributed by atoms with Crippen LogP contribution in [-0.2, 0) is 10.8 Å². The molecule has 1 heterocycles. The summed E-state index contributed by atoms with van der Waals surface area (Å²) in [6, 6.07) is 7.53. The monoisotopic (exact) mass is 279 g/mol. The first kappa shape index (κ1) is 14.3. The van der Waals surface area contributed by atoms with E-state index in [4.69, 9.17) is 0 Å². The van der Waals surface area contributed by atoms with Crippen molar-refractivity contribution >= 4 is 16.7 Å². The van der Waals surface area contributed by atoms with Crippen molar-refractivity contribution in [1.82, 2.24) is 4.90 Å². The van der Waals surface area contributed by atoms with Gasteiger partial charge < -0.3 is 4.90 Å². The molecule has 0 radical (unpaired) electrons. The molecule has 1 saturated heterocycles. The number of hydrogen-bond acceptors (Lipinski definition) is 2. The Labute approximate surface area is 117 Å². The number of hydrogen-bond donors (Lipinski definition) is 0. The molecule has 1 amide bonds. The zero-order valence-electron chi connectivity index (χ0n) is 11.6. The van der Waals surface area contributed by atoms with Crippen LogP contribution in [0.1, 0.15) is 43.0 Å². The van der Waals surface area contributed by atoms with Crippen LogP contribution in [-0.4, -0.2) is 33.9 Å². The minimum Gasteiger partial charge on any atom is -0.336 e. The third-order valence-electron chi connectivity index (χ3n) is 3.79. The molecule has 0 spiro atoms. The quantitative estimate of drug-likeness (QED) is 0.853. The minimum absolute atomic E-state index is 0.111. The number of carbonyl (C=O) groups excluding carboxylic acids is 1. The van der Waals surface area contributed by atoms with Gasteiger partial charge in [0.1, 0.15) is 0 Å². The van der Waals surface area contributed by atoms with Crippen molar-refractivity contribution in [2.24, 2.45) is 0 Å². The summed E-state index contributed by atoms with van der Waals surface area (Å²) in [5.74, 6) is 0.111. The summed E-state index contributed by atoms with van der Waals surface area (Å²) in [6.45, 7) is 3.00. The highest BCUT2D eigenvalue weighted by molar-refractivity contribution is 7.84. The second kappa shape index (κ2) is 6.33. The summed E-state index contributed by atoms with van der Waals surface area (Å²) in [7, 11) is -0.989. The summed E-state index contributed by atoms with van der Waals surface area (Å²) in [5, 5.41) is 0. The summed E-state index contributed by atoms with van der Waals surface area (Å²) in [4.78, 5) is 15.3. The topological polar surface area (TPSA) is 37.4 Å². The van der Waals surface area contributed by atoms with Crippen LogP contribution in [0.5, 0.6) is 0 Å². The van der Waals surface area contributed by atoms with Crippen LogP contribution in [0.15, 0.2) is 29.2 Å². The standard InChI is InChI=1S/C15H21NO2S/c1-3-13-6-4-5-11-16(13)15(17)12-7-9-14(10-8-12)19(2)18/h7-10,13H,3-6,11H2,1-2H3/t13-,19+/m1/s1. The zero-order chi connectivity index (χ0) is 13.8.